The van der Waals surface area contributed by atoms with Gasteiger partial charge in [0, 0.05) is 17.8 Å². The van der Waals surface area contributed by atoms with Gasteiger partial charge in [-0.1, -0.05) is 0 Å². The minimum absolute atomic E-state index is 0. The molecule has 0 saturated heterocycles. The zero-order valence-electron chi connectivity index (χ0n) is 6.62. The number of anilines is 1. The van der Waals surface area contributed by atoms with Crippen LogP contribution in [0.2, 0.25) is 0 Å². The number of diazo groups is 1. The van der Waals surface area contributed by atoms with Crippen molar-refractivity contribution in [1.29, 1.82) is 5.39 Å². The Hall–Kier alpha value is -0.0666. The molecule has 0 aliphatic heterocycles. The molecule has 1 aromatic rings. The van der Waals surface area contributed by atoms with Crippen LogP contribution < -0.4 is 43.0 Å². The molecule has 13 heavy (non-hydrogen) atoms. The van der Waals surface area contributed by atoms with Crippen LogP contribution in [-0.4, -0.2) is 0 Å². The van der Waals surface area contributed by atoms with Crippen molar-refractivity contribution in [1.82, 2.24) is 0 Å². The van der Waals surface area contributed by atoms with Crippen LogP contribution in [0.5, 0.6) is 0 Å². The Kier molecular flexibility index (Phi) is 21.2. The van der Waals surface area contributed by atoms with Gasteiger partial charge >= 0.3 is 25.2 Å². The summed E-state index contributed by atoms with van der Waals surface area (Å²) in [6.45, 7) is 0. The fraction of sp³-hybridized carbons (Fsp3) is 0. The third kappa shape index (κ3) is 8.27. The average Bonchev–Trinajstić information content (AvgIpc) is 1.90. The molecular formula is C6H6Cl3N3Zn. The predicted molar refractivity (Wildman–Crippen MR) is 35.6 cm³/mol. The summed E-state index contributed by atoms with van der Waals surface area (Å²) in [6, 6.07) is 6.62. The van der Waals surface area contributed by atoms with E-state index in [0.717, 1.165) is 0 Å². The maximum Gasteiger partial charge on any atom is 2.00 e. The minimum atomic E-state index is 0. The molecule has 0 heterocycles. The van der Waals surface area contributed by atoms with E-state index in [1.165, 1.54) is 0 Å². The second kappa shape index (κ2) is 11.9. The van der Waals surface area contributed by atoms with Crippen LogP contribution in [0.4, 0.5) is 11.4 Å². The van der Waals surface area contributed by atoms with Crippen molar-refractivity contribution in [3.05, 3.63) is 29.2 Å². The van der Waals surface area contributed by atoms with Crippen LogP contribution >= 0.6 is 0 Å². The maximum absolute atomic E-state index is 8.21. The van der Waals surface area contributed by atoms with E-state index < -0.39 is 0 Å². The van der Waals surface area contributed by atoms with Gasteiger partial charge in [-0.25, -0.2) is 0 Å². The van der Waals surface area contributed by atoms with E-state index in [9.17, 15) is 0 Å². The standard InChI is InChI=1S/C6H6N3.3ClH.Zn/c7-5-1-3-6(9-8)4-2-5;;;;/h1-4H,7H2;3*1H;/q+1;;;;+2/p-3. The second-order valence-corrected chi connectivity index (χ2v) is 1.69. The molecular weight excluding hydrogens is 286 g/mol. The molecule has 0 spiro atoms. The van der Waals surface area contributed by atoms with Crippen molar-refractivity contribution in [2.45, 2.75) is 0 Å². The van der Waals surface area contributed by atoms with Gasteiger partial charge in [0.1, 0.15) is 0 Å². The van der Waals surface area contributed by atoms with Gasteiger partial charge in [0.25, 0.3) is 0 Å². The topological polar surface area (TPSA) is 54.2 Å². The van der Waals surface area contributed by atoms with Gasteiger partial charge in [0.05, 0.1) is 0 Å². The monoisotopic (exact) mass is 289 g/mol. The normalized spacial score (nSPS) is 5.77. The van der Waals surface area contributed by atoms with E-state index >= 15 is 0 Å². The summed E-state index contributed by atoms with van der Waals surface area (Å²) < 4.78 is 0. The molecule has 0 bridgehead atoms. The smallest absolute Gasteiger partial charge is 1.00 e. The van der Waals surface area contributed by atoms with Crippen LogP contribution in [0, 0.1) is 5.39 Å². The summed E-state index contributed by atoms with van der Waals surface area (Å²) in [5.41, 5.74) is 6.54. The number of nitrogens with two attached hydrogens (primary N) is 1. The number of rotatable bonds is 0. The number of nitrogens with zero attached hydrogens (tertiary/aromatic N) is 2. The Labute approximate surface area is 108 Å². The first-order valence-corrected chi connectivity index (χ1v) is 2.53. The van der Waals surface area contributed by atoms with Crippen LogP contribution in [0.3, 0.4) is 0 Å². The molecule has 0 atom stereocenters. The van der Waals surface area contributed by atoms with Gasteiger partial charge in [0.15, 0.2) is 4.98 Å². The number of halogens is 3. The molecule has 0 aliphatic carbocycles. The Bertz CT molecular complexity index is 246. The van der Waals surface area contributed by atoms with E-state index in [1.807, 2.05) is 0 Å². The number of hydrogen-bond donors (Lipinski definition) is 1. The van der Waals surface area contributed by atoms with Gasteiger partial charge < -0.3 is 43.0 Å². The average molecular weight is 292 g/mol. The predicted octanol–water partition coefficient (Wildman–Crippen LogP) is -7.24. The molecule has 2 N–H and O–H groups in total. The van der Waals surface area contributed by atoms with Gasteiger partial charge in [-0.2, -0.15) is 0 Å². The second-order valence-electron chi connectivity index (χ2n) is 1.69. The van der Waals surface area contributed by atoms with E-state index in [0.29, 0.717) is 11.4 Å². The minimum Gasteiger partial charge on any atom is -1.00 e. The number of hydrogen-bond acceptors (Lipinski definition) is 2. The van der Waals surface area contributed by atoms with Crippen molar-refractivity contribution < 1.29 is 56.7 Å². The van der Waals surface area contributed by atoms with E-state index in [2.05, 4.69) is 4.98 Å². The molecule has 0 aromatic heterocycles. The zero-order chi connectivity index (χ0) is 6.69. The zero-order valence-corrected chi connectivity index (χ0v) is 11.9. The SMILES string of the molecule is N#[N+]c1ccc(N)cc1.[Cl-].[Cl-].[Cl-].[Zn+2]. The van der Waals surface area contributed by atoms with E-state index in [4.69, 9.17) is 11.1 Å². The molecule has 68 valence electrons. The molecule has 0 saturated carbocycles. The van der Waals surface area contributed by atoms with Crippen LogP contribution in [0.1, 0.15) is 0 Å². The summed E-state index contributed by atoms with van der Waals surface area (Å²) in [7, 11) is 0. The van der Waals surface area contributed by atoms with Crippen LogP contribution in [0.25, 0.3) is 4.98 Å². The maximum atomic E-state index is 8.21. The Morgan fingerprint density at radius 3 is 1.69 bits per heavy atom. The van der Waals surface area contributed by atoms with Crippen LogP contribution in [-0.2, 0) is 19.5 Å². The molecule has 0 fully saturated rings. The largest absolute Gasteiger partial charge is 2.00 e. The third-order valence-corrected chi connectivity index (χ3v) is 1.01. The Morgan fingerprint density at radius 2 is 1.38 bits per heavy atom. The molecule has 0 radical (unpaired) electrons. The number of benzene rings is 1. The summed E-state index contributed by atoms with van der Waals surface area (Å²) in [4.78, 5) is 2.96. The quantitative estimate of drug-likeness (QED) is 0.293. The molecule has 3 nitrogen and oxygen atoms in total. The van der Waals surface area contributed by atoms with Crippen molar-refractivity contribution in [3.8, 4) is 0 Å². The Morgan fingerprint density at radius 1 is 1.00 bits per heavy atom. The summed E-state index contributed by atoms with van der Waals surface area (Å²) in [5.74, 6) is 0. The number of nitrogen functional groups attached to an aromatic ring is 1. The molecule has 1 rings (SSSR count). The first-order chi connectivity index (χ1) is 4.33. The van der Waals surface area contributed by atoms with Crippen LogP contribution in [0.15, 0.2) is 24.3 Å². The molecule has 0 aliphatic rings. The van der Waals surface area contributed by atoms with Crippen molar-refractivity contribution in [2.24, 2.45) is 0 Å². The molecule has 1 aromatic carbocycles. The molecule has 0 amide bonds. The van der Waals surface area contributed by atoms with Crippen molar-refractivity contribution >= 4 is 11.4 Å². The van der Waals surface area contributed by atoms with Gasteiger partial charge in [0.2, 0.25) is 5.39 Å². The molecule has 0 unspecified atom stereocenters. The Balaban J connectivity index is -0.000000101. The van der Waals surface area contributed by atoms with E-state index in [1.54, 1.807) is 24.3 Å². The first kappa shape index (κ1) is 23.1. The summed E-state index contributed by atoms with van der Waals surface area (Å²) >= 11 is 0. The van der Waals surface area contributed by atoms with Crippen molar-refractivity contribution in [2.75, 3.05) is 5.73 Å². The van der Waals surface area contributed by atoms with E-state index in [-0.39, 0.29) is 56.7 Å². The first-order valence-electron chi connectivity index (χ1n) is 2.53. The molecule has 7 heteroatoms. The van der Waals surface area contributed by atoms with Gasteiger partial charge in [-0.3, -0.25) is 0 Å². The van der Waals surface area contributed by atoms with Gasteiger partial charge in [-0.15, -0.1) is 0 Å². The summed E-state index contributed by atoms with van der Waals surface area (Å²) in [5, 5.41) is 8.21. The third-order valence-electron chi connectivity index (χ3n) is 1.01. The van der Waals surface area contributed by atoms with Gasteiger partial charge in [-0.05, 0) is 12.1 Å². The van der Waals surface area contributed by atoms with Crippen molar-refractivity contribution in [3.63, 3.8) is 0 Å². The fourth-order valence-electron chi connectivity index (χ4n) is 0.541. The summed E-state index contributed by atoms with van der Waals surface area (Å²) in [6.07, 6.45) is 0. The fourth-order valence-corrected chi connectivity index (χ4v) is 0.541.